The van der Waals surface area contributed by atoms with E-state index in [4.69, 9.17) is 16.6 Å². The fourth-order valence-electron chi connectivity index (χ4n) is 1.31. The van der Waals surface area contributed by atoms with Crippen molar-refractivity contribution in [2.45, 2.75) is 0 Å². The molecule has 0 saturated carbocycles. The molecule has 0 aliphatic carbocycles. The highest BCUT2D eigenvalue weighted by atomic mass is 79.9. The number of rotatable bonds is 4. The summed E-state index contributed by atoms with van der Waals surface area (Å²) in [6.07, 6.45) is 2.88. The molecule has 0 bridgehead atoms. The summed E-state index contributed by atoms with van der Waals surface area (Å²) >= 11 is 11.7. The summed E-state index contributed by atoms with van der Waals surface area (Å²) in [5.74, 6) is 0.389. The number of nitro groups is 1. The normalized spacial score (nSPS) is 10.6. The van der Waals surface area contributed by atoms with Gasteiger partial charge in [0.25, 0.3) is 0 Å². The molecule has 2 heterocycles. The van der Waals surface area contributed by atoms with Crippen molar-refractivity contribution in [1.29, 1.82) is 0 Å². The Morgan fingerprint density at radius 3 is 2.91 bits per heavy atom. The highest BCUT2D eigenvalue weighted by Crippen LogP contribution is 2.23. The third kappa shape index (κ3) is 4.58. The molecule has 2 aromatic rings. The SMILES string of the molecule is O=[N+]([O-])c1ccc(/C=N/NC(=S)Nc2ncc(Br)cc2Br)o1. The fourth-order valence-corrected chi connectivity index (χ4v) is 2.54. The van der Waals surface area contributed by atoms with E-state index in [-0.39, 0.29) is 16.8 Å². The summed E-state index contributed by atoms with van der Waals surface area (Å²) in [6.45, 7) is 0. The van der Waals surface area contributed by atoms with Crippen LogP contribution in [0.15, 0.2) is 42.9 Å². The zero-order valence-electron chi connectivity index (χ0n) is 10.6. The second kappa shape index (κ2) is 7.42. The molecule has 0 atom stereocenters. The molecule has 0 aromatic carbocycles. The van der Waals surface area contributed by atoms with Crippen LogP contribution in [0.2, 0.25) is 0 Å². The van der Waals surface area contributed by atoms with Gasteiger partial charge in [0.05, 0.1) is 16.8 Å². The van der Waals surface area contributed by atoms with Gasteiger partial charge in [-0.1, -0.05) is 0 Å². The molecule has 0 amide bonds. The number of nitrogens with one attached hydrogen (secondary N) is 2. The highest BCUT2D eigenvalue weighted by Gasteiger charge is 2.10. The average Bonchev–Trinajstić information content (AvgIpc) is 2.91. The highest BCUT2D eigenvalue weighted by molar-refractivity contribution is 9.11. The van der Waals surface area contributed by atoms with E-state index in [0.29, 0.717) is 5.82 Å². The van der Waals surface area contributed by atoms with Crippen molar-refractivity contribution < 1.29 is 9.34 Å². The van der Waals surface area contributed by atoms with E-state index in [9.17, 15) is 10.1 Å². The van der Waals surface area contributed by atoms with E-state index in [0.717, 1.165) is 8.95 Å². The molecule has 2 rings (SSSR count). The van der Waals surface area contributed by atoms with Crippen LogP contribution in [0.5, 0.6) is 0 Å². The van der Waals surface area contributed by atoms with Crippen molar-refractivity contribution in [2.75, 3.05) is 5.32 Å². The first kappa shape index (κ1) is 16.5. The first-order valence-electron chi connectivity index (χ1n) is 5.61. The maximum atomic E-state index is 10.5. The van der Waals surface area contributed by atoms with Crippen LogP contribution in [-0.2, 0) is 0 Å². The van der Waals surface area contributed by atoms with Gasteiger partial charge in [-0.25, -0.2) is 4.98 Å². The van der Waals surface area contributed by atoms with Crippen molar-refractivity contribution >= 4 is 67.1 Å². The molecule has 2 N–H and O–H groups in total. The number of furan rings is 1. The number of aromatic nitrogens is 1. The van der Waals surface area contributed by atoms with Crippen LogP contribution in [-0.4, -0.2) is 21.2 Å². The van der Waals surface area contributed by atoms with E-state index < -0.39 is 4.92 Å². The Hall–Kier alpha value is -1.85. The van der Waals surface area contributed by atoms with Gasteiger partial charge in [0.15, 0.2) is 10.9 Å². The molecular weight excluding hydrogens is 442 g/mol. The lowest BCUT2D eigenvalue weighted by atomic mass is 10.5. The minimum atomic E-state index is -0.631. The van der Waals surface area contributed by atoms with Crippen LogP contribution in [0.4, 0.5) is 11.7 Å². The Morgan fingerprint density at radius 1 is 1.50 bits per heavy atom. The Morgan fingerprint density at radius 2 is 2.27 bits per heavy atom. The minimum absolute atomic E-state index is 0.202. The third-order valence-corrected chi connectivity index (χ3v) is 3.42. The van der Waals surface area contributed by atoms with Crippen molar-refractivity contribution in [3.8, 4) is 0 Å². The summed E-state index contributed by atoms with van der Waals surface area (Å²) in [4.78, 5) is 14.0. The fraction of sp³-hybridized carbons (Fsp3) is 0. The second-order valence-electron chi connectivity index (χ2n) is 3.74. The van der Waals surface area contributed by atoms with Gasteiger partial charge in [-0.2, -0.15) is 5.10 Å². The Bertz CT molecular complexity index is 749. The largest absolute Gasteiger partial charge is 0.433 e. The zero-order valence-corrected chi connectivity index (χ0v) is 14.6. The molecule has 114 valence electrons. The predicted molar refractivity (Wildman–Crippen MR) is 91.9 cm³/mol. The maximum Gasteiger partial charge on any atom is 0.433 e. The van der Waals surface area contributed by atoms with Gasteiger partial charge in [0.2, 0.25) is 0 Å². The number of halogens is 2. The molecule has 0 unspecified atom stereocenters. The van der Waals surface area contributed by atoms with E-state index in [1.165, 1.54) is 18.3 Å². The Balaban J connectivity index is 1.91. The van der Waals surface area contributed by atoms with Gasteiger partial charge in [-0.3, -0.25) is 15.5 Å². The number of pyridine rings is 1. The van der Waals surface area contributed by atoms with E-state index in [1.54, 1.807) is 6.20 Å². The van der Waals surface area contributed by atoms with E-state index >= 15 is 0 Å². The molecule has 22 heavy (non-hydrogen) atoms. The number of hydrogen-bond donors (Lipinski definition) is 2. The summed E-state index contributed by atoms with van der Waals surface area (Å²) in [5.41, 5.74) is 2.55. The molecule has 0 spiro atoms. The minimum Gasteiger partial charge on any atom is -0.400 e. The van der Waals surface area contributed by atoms with Crippen LogP contribution in [0, 0.1) is 10.1 Å². The van der Waals surface area contributed by atoms with Crippen molar-refractivity contribution in [3.63, 3.8) is 0 Å². The molecule has 0 fully saturated rings. The van der Waals surface area contributed by atoms with Crippen LogP contribution in [0.25, 0.3) is 0 Å². The number of nitrogens with zero attached hydrogens (tertiary/aromatic N) is 3. The predicted octanol–water partition coefficient (Wildman–Crippen LogP) is 3.43. The maximum absolute atomic E-state index is 10.5. The average molecular weight is 449 g/mol. The quantitative estimate of drug-likeness (QED) is 0.319. The Labute approximate surface area is 146 Å². The first-order valence-corrected chi connectivity index (χ1v) is 7.60. The van der Waals surface area contributed by atoms with Gasteiger partial charge < -0.3 is 9.73 Å². The molecule has 8 nitrogen and oxygen atoms in total. The molecule has 11 heteroatoms. The summed E-state index contributed by atoms with van der Waals surface area (Å²) in [7, 11) is 0. The number of anilines is 1. The lowest BCUT2D eigenvalue weighted by molar-refractivity contribution is -0.402. The van der Waals surface area contributed by atoms with Crippen LogP contribution >= 0.6 is 44.1 Å². The van der Waals surface area contributed by atoms with Crippen molar-refractivity contribution in [1.82, 2.24) is 10.4 Å². The standard InChI is InChI=1S/C11H7Br2N5O3S/c12-6-3-8(13)10(14-4-6)16-11(22)17-15-5-7-1-2-9(21-7)18(19)20/h1-5H,(H2,14,16,17,22)/b15-5+. The number of hydrogen-bond acceptors (Lipinski definition) is 6. The molecule has 2 aromatic heterocycles. The summed E-state index contributed by atoms with van der Waals surface area (Å²) in [5, 5.41) is 17.3. The summed E-state index contributed by atoms with van der Waals surface area (Å²) < 4.78 is 6.44. The van der Waals surface area contributed by atoms with Crippen molar-refractivity contribution in [3.05, 3.63) is 49.2 Å². The lowest BCUT2D eigenvalue weighted by Crippen LogP contribution is -2.24. The Kier molecular flexibility index (Phi) is 5.57. The van der Waals surface area contributed by atoms with Crippen molar-refractivity contribution in [2.24, 2.45) is 5.10 Å². The monoisotopic (exact) mass is 447 g/mol. The van der Waals surface area contributed by atoms with Gasteiger partial charge in [0.1, 0.15) is 10.7 Å². The number of thiocarbonyl (C=S) groups is 1. The molecule has 0 aliphatic heterocycles. The zero-order chi connectivity index (χ0) is 16.1. The van der Waals surface area contributed by atoms with Crippen LogP contribution < -0.4 is 10.7 Å². The molecular formula is C11H7Br2N5O3S. The second-order valence-corrected chi connectivity index (χ2v) is 5.92. The summed E-state index contributed by atoms with van der Waals surface area (Å²) in [6, 6.07) is 4.47. The van der Waals surface area contributed by atoms with Gasteiger partial charge in [-0.05, 0) is 56.2 Å². The van der Waals surface area contributed by atoms with E-state index in [2.05, 4.69) is 52.7 Å². The van der Waals surface area contributed by atoms with Crippen LogP contribution in [0.1, 0.15) is 5.76 Å². The van der Waals surface area contributed by atoms with Gasteiger partial charge in [0, 0.05) is 10.7 Å². The number of hydrazone groups is 1. The van der Waals surface area contributed by atoms with Gasteiger partial charge >= 0.3 is 5.88 Å². The van der Waals surface area contributed by atoms with Gasteiger partial charge in [-0.15, -0.1) is 0 Å². The molecule has 0 saturated heterocycles. The lowest BCUT2D eigenvalue weighted by Gasteiger charge is -2.07. The molecule has 0 radical (unpaired) electrons. The van der Waals surface area contributed by atoms with E-state index in [1.807, 2.05) is 6.07 Å². The van der Waals surface area contributed by atoms with Crippen LogP contribution in [0.3, 0.4) is 0 Å². The smallest absolute Gasteiger partial charge is 0.400 e. The topological polar surface area (TPSA) is 106 Å². The first-order chi connectivity index (χ1) is 10.5. The third-order valence-electron chi connectivity index (χ3n) is 2.19. The molecule has 0 aliphatic rings.